The first kappa shape index (κ1) is 17.0. The molecule has 136 valence electrons. The molecule has 1 heterocycles. The van der Waals surface area contributed by atoms with E-state index in [9.17, 15) is 4.79 Å². The fourth-order valence-electron chi connectivity index (χ4n) is 3.05. The smallest absolute Gasteiger partial charge is 0.262 e. The first-order valence-electron chi connectivity index (χ1n) is 8.62. The van der Waals surface area contributed by atoms with Gasteiger partial charge in [-0.05, 0) is 48.9 Å². The van der Waals surface area contributed by atoms with Gasteiger partial charge in [0.15, 0.2) is 6.61 Å². The molecule has 5 nitrogen and oxygen atoms in total. The maximum absolute atomic E-state index is 12.3. The monoisotopic (exact) mass is 361 g/mol. The molecule has 0 atom stereocenters. The number of benzene rings is 3. The third kappa shape index (κ3) is 3.44. The fraction of sp³-hybridized carbons (Fsp3) is 0.136. The van der Waals surface area contributed by atoms with E-state index >= 15 is 0 Å². The summed E-state index contributed by atoms with van der Waals surface area (Å²) >= 11 is 0. The van der Waals surface area contributed by atoms with Crippen molar-refractivity contribution in [2.45, 2.75) is 6.92 Å². The number of para-hydroxylation sites is 1. The second-order valence-electron chi connectivity index (χ2n) is 6.30. The molecule has 0 aliphatic carbocycles. The highest BCUT2D eigenvalue weighted by Gasteiger charge is 2.11. The van der Waals surface area contributed by atoms with Crippen molar-refractivity contribution in [1.82, 2.24) is 0 Å². The van der Waals surface area contributed by atoms with Gasteiger partial charge in [0.25, 0.3) is 5.91 Å². The van der Waals surface area contributed by atoms with Gasteiger partial charge in [-0.1, -0.05) is 24.3 Å². The van der Waals surface area contributed by atoms with Crippen LogP contribution in [0.5, 0.6) is 11.5 Å². The summed E-state index contributed by atoms with van der Waals surface area (Å²) in [5.41, 5.74) is 3.28. The third-order valence-corrected chi connectivity index (χ3v) is 4.35. The van der Waals surface area contributed by atoms with Crippen molar-refractivity contribution in [1.29, 1.82) is 0 Å². The zero-order valence-corrected chi connectivity index (χ0v) is 15.1. The van der Waals surface area contributed by atoms with E-state index in [2.05, 4.69) is 5.32 Å². The van der Waals surface area contributed by atoms with E-state index in [-0.39, 0.29) is 12.5 Å². The molecule has 0 radical (unpaired) electrons. The van der Waals surface area contributed by atoms with E-state index in [1.807, 2.05) is 61.5 Å². The van der Waals surface area contributed by atoms with Gasteiger partial charge in [0.2, 0.25) is 0 Å². The lowest BCUT2D eigenvalue weighted by Crippen LogP contribution is -2.20. The fourth-order valence-corrected chi connectivity index (χ4v) is 3.05. The van der Waals surface area contributed by atoms with Crippen molar-refractivity contribution >= 4 is 33.5 Å². The van der Waals surface area contributed by atoms with Gasteiger partial charge in [0, 0.05) is 10.8 Å². The zero-order chi connectivity index (χ0) is 18.8. The molecule has 0 spiro atoms. The van der Waals surface area contributed by atoms with Crippen molar-refractivity contribution in [2.24, 2.45) is 0 Å². The van der Waals surface area contributed by atoms with Crippen molar-refractivity contribution in [3.8, 4) is 11.5 Å². The molecule has 0 fully saturated rings. The highest BCUT2D eigenvalue weighted by atomic mass is 16.5. The predicted molar refractivity (Wildman–Crippen MR) is 106 cm³/mol. The lowest BCUT2D eigenvalue weighted by Gasteiger charge is -2.11. The van der Waals surface area contributed by atoms with E-state index in [1.54, 1.807) is 13.2 Å². The van der Waals surface area contributed by atoms with Crippen molar-refractivity contribution in [2.75, 3.05) is 19.0 Å². The minimum absolute atomic E-state index is 0.0988. The van der Waals surface area contributed by atoms with Crippen molar-refractivity contribution in [3.63, 3.8) is 0 Å². The number of methoxy groups -OCH3 is 1. The third-order valence-electron chi connectivity index (χ3n) is 4.35. The summed E-state index contributed by atoms with van der Waals surface area (Å²) in [6.45, 7) is 1.86. The Balaban J connectivity index is 1.49. The van der Waals surface area contributed by atoms with Gasteiger partial charge in [-0.2, -0.15) is 0 Å². The van der Waals surface area contributed by atoms with Crippen LogP contribution in [0, 0.1) is 6.92 Å². The van der Waals surface area contributed by atoms with Crippen LogP contribution in [-0.4, -0.2) is 19.6 Å². The highest BCUT2D eigenvalue weighted by Crippen LogP contribution is 2.31. The molecule has 3 aromatic carbocycles. The second-order valence-corrected chi connectivity index (χ2v) is 6.30. The van der Waals surface area contributed by atoms with E-state index in [1.165, 1.54) is 0 Å². The number of aryl methyl sites for hydroxylation is 1. The summed E-state index contributed by atoms with van der Waals surface area (Å²) in [6.07, 6.45) is 0. The molecule has 1 N–H and O–H groups in total. The molecule has 1 amide bonds. The average molecular weight is 361 g/mol. The Labute approximate surface area is 156 Å². The molecule has 0 aliphatic heterocycles. The summed E-state index contributed by atoms with van der Waals surface area (Å²) in [4.78, 5) is 12.3. The number of rotatable bonds is 5. The van der Waals surface area contributed by atoms with Crippen LogP contribution >= 0.6 is 0 Å². The number of furan rings is 1. The van der Waals surface area contributed by atoms with Crippen LogP contribution in [0.4, 0.5) is 5.69 Å². The molecule has 0 aliphatic rings. The van der Waals surface area contributed by atoms with Crippen molar-refractivity contribution < 1.29 is 18.7 Å². The first-order chi connectivity index (χ1) is 13.1. The number of nitrogens with one attached hydrogen (secondary N) is 1. The number of hydrogen-bond acceptors (Lipinski definition) is 4. The van der Waals surface area contributed by atoms with Crippen LogP contribution in [0.15, 0.2) is 65.1 Å². The molecule has 27 heavy (non-hydrogen) atoms. The molecule has 0 saturated carbocycles. The van der Waals surface area contributed by atoms with E-state index in [0.29, 0.717) is 17.2 Å². The Morgan fingerprint density at radius 3 is 2.67 bits per heavy atom. The Morgan fingerprint density at radius 2 is 1.81 bits per heavy atom. The van der Waals surface area contributed by atoms with Gasteiger partial charge in [-0.15, -0.1) is 0 Å². The highest BCUT2D eigenvalue weighted by molar-refractivity contribution is 6.05. The van der Waals surface area contributed by atoms with Crippen LogP contribution in [0.2, 0.25) is 0 Å². The molecule has 0 saturated heterocycles. The van der Waals surface area contributed by atoms with Crippen molar-refractivity contribution in [3.05, 3.63) is 66.2 Å². The van der Waals surface area contributed by atoms with Crippen LogP contribution in [0.3, 0.4) is 0 Å². The molecule has 5 heteroatoms. The average Bonchev–Trinajstić information content (AvgIpc) is 3.04. The molecular weight excluding hydrogens is 342 g/mol. The van der Waals surface area contributed by atoms with Crippen LogP contribution < -0.4 is 14.8 Å². The molecule has 4 rings (SSSR count). The summed E-state index contributed by atoms with van der Waals surface area (Å²) in [5, 5.41) is 4.81. The quantitative estimate of drug-likeness (QED) is 0.548. The Bertz CT molecular complexity index is 1130. The molecule has 0 unspecified atom stereocenters. The lowest BCUT2D eigenvalue weighted by molar-refractivity contribution is -0.118. The van der Waals surface area contributed by atoms with Gasteiger partial charge >= 0.3 is 0 Å². The SMILES string of the molecule is COc1ccc(C)cc1NC(=O)COc1ccc2oc3ccccc3c2c1. The van der Waals surface area contributed by atoms with E-state index in [4.69, 9.17) is 13.9 Å². The second kappa shape index (κ2) is 7.03. The number of ether oxygens (including phenoxy) is 2. The van der Waals surface area contributed by atoms with Gasteiger partial charge in [-0.3, -0.25) is 4.79 Å². The van der Waals surface area contributed by atoms with Gasteiger partial charge in [-0.25, -0.2) is 0 Å². The largest absolute Gasteiger partial charge is 0.495 e. The van der Waals surface area contributed by atoms with Gasteiger partial charge in [0.05, 0.1) is 12.8 Å². The molecular formula is C22H19NO4. The summed E-state index contributed by atoms with van der Waals surface area (Å²) in [7, 11) is 1.57. The minimum Gasteiger partial charge on any atom is -0.495 e. The number of hydrogen-bond donors (Lipinski definition) is 1. The van der Waals surface area contributed by atoms with Gasteiger partial charge < -0.3 is 19.2 Å². The van der Waals surface area contributed by atoms with Crippen LogP contribution in [-0.2, 0) is 4.79 Å². The lowest BCUT2D eigenvalue weighted by atomic mass is 10.1. The standard InChI is InChI=1S/C22H19NO4/c1-14-7-9-21(25-2)18(11-14)23-22(24)13-26-15-8-10-20-17(12-15)16-5-3-4-6-19(16)27-20/h3-12H,13H2,1-2H3,(H,23,24). The molecule has 4 aromatic rings. The van der Waals surface area contributed by atoms with Crippen LogP contribution in [0.1, 0.15) is 5.56 Å². The minimum atomic E-state index is -0.254. The predicted octanol–water partition coefficient (Wildman–Crippen LogP) is 4.92. The maximum atomic E-state index is 12.3. The summed E-state index contributed by atoms with van der Waals surface area (Å²) < 4.78 is 16.8. The number of carbonyl (C=O) groups excluding carboxylic acids is 1. The molecule has 0 bridgehead atoms. The topological polar surface area (TPSA) is 60.7 Å². The number of anilines is 1. The Morgan fingerprint density at radius 1 is 1.00 bits per heavy atom. The Hall–Kier alpha value is -3.47. The van der Waals surface area contributed by atoms with E-state index in [0.717, 1.165) is 27.5 Å². The number of fused-ring (bicyclic) bond motifs is 3. The maximum Gasteiger partial charge on any atom is 0.262 e. The van der Waals surface area contributed by atoms with E-state index < -0.39 is 0 Å². The first-order valence-corrected chi connectivity index (χ1v) is 8.62. The zero-order valence-electron chi connectivity index (χ0n) is 15.1. The molecule has 1 aromatic heterocycles. The van der Waals surface area contributed by atoms with Gasteiger partial charge in [0.1, 0.15) is 22.7 Å². The van der Waals surface area contributed by atoms with Crippen LogP contribution in [0.25, 0.3) is 21.9 Å². The summed E-state index contributed by atoms with van der Waals surface area (Å²) in [6, 6.07) is 19.0. The Kier molecular flexibility index (Phi) is 4.42. The summed E-state index contributed by atoms with van der Waals surface area (Å²) in [5.74, 6) is 0.969. The number of carbonyl (C=O) groups is 1. The normalized spacial score (nSPS) is 10.9. The number of amides is 1.